The first-order valence-corrected chi connectivity index (χ1v) is 6.09. The highest BCUT2D eigenvalue weighted by Gasteiger charge is 2.34. The fourth-order valence-corrected chi connectivity index (χ4v) is 1.96. The molecule has 2 rings (SSSR count). The van der Waals surface area contributed by atoms with Crippen LogP contribution in [0.2, 0.25) is 0 Å². The van der Waals surface area contributed by atoms with Crippen LogP contribution in [0.3, 0.4) is 0 Å². The van der Waals surface area contributed by atoms with Gasteiger partial charge in [0, 0.05) is 0 Å². The van der Waals surface area contributed by atoms with Gasteiger partial charge in [0.1, 0.15) is 11.6 Å². The molecule has 0 aromatic heterocycles. The maximum Gasteiger partial charge on any atom is 0.419 e. The van der Waals surface area contributed by atoms with Crippen LogP contribution in [0.5, 0.6) is 5.75 Å². The molecule has 0 saturated heterocycles. The molecule has 0 aliphatic heterocycles. The summed E-state index contributed by atoms with van der Waals surface area (Å²) in [5.41, 5.74) is 5.57. The quantitative estimate of drug-likeness (QED) is 0.872. The summed E-state index contributed by atoms with van der Waals surface area (Å²) in [5.74, 6) is -0.700. The summed E-state index contributed by atoms with van der Waals surface area (Å²) in [4.78, 5) is 0. The van der Waals surface area contributed by atoms with Crippen LogP contribution < -0.4 is 10.5 Å². The molecule has 1 unspecified atom stereocenters. The molecule has 0 amide bonds. The molecule has 0 radical (unpaired) electrons. The molecule has 2 aromatic carbocycles. The Bertz CT molecular complexity index is 623. The van der Waals surface area contributed by atoms with Gasteiger partial charge in [-0.2, -0.15) is 13.2 Å². The number of rotatable bonds is 3. The van der Waals surface area contributed by atoms with Crippen LogP contribution >= 0.6 is 0 Å². The summed E-state index contributed by atoms with van der Waals surface area (Å²) < 4.78 is 56.1. The average Bonchev–Trinajstić information content (AvgIpc) is 2.45. The predicted molar refractivity (Wildman–Crippen MR) is 70.4 cm³/mol. The Kier molecular flexibility index (Phi) is 4.18. The van der Waals surface area contributed by atoms with Gasteiger partial charge in [-0.25, -0.2) is 4.39 Å². The molecule has 0 saturated carbocycles. The van der Waals surface area contributed by atoms with Gasteiger partial charge in [0.2, 0.25) is 0 Å². The van der Waals surface area contributed by atoms with Gasteiger partial charge in [-0.05, 0) is 35.4 Å². The molecule has 112 valence electrons. The summed E-state index contributed by atoms with van der Waals surface area (Å²) in [6.07, 6.45) is -4.72. The highest BCUT2D eigenvalue weighted by molar-refractivity contribution is 5.37. The lowest BCUT2D eigenvalue weighted by molar-refractivity contribution is -0.140. The van der Waals surface area contributed by atoms with Crippen molar-refractivity contribution < 1.29 is 22.3 Å². The van der Waals surface area contributed by atoms with Gasteiger partial charge in [-0.1, -0.05) is 18.2 Å². The molecule has 1 atom stereocenters. The largest absolute Gasteiger partial charge is 0.497 e. The second kappa shape index (κ2) is 5.73. The fraction of sp³-hybridized carbons (Fsp3) is 0.200. The third kappa shape index (κ3) is 3.33. The van der Waals surface area contributed by atoms with E-state index in [2.05, 4.69) is 0 Å². The van der Waals surface area contributed by atoms with Crippen molar-refractivity contribution in [1.29, 1.82) is 0 Å². The molecule has 21 heavy (non-hydrogen) atoms. The average molecular weight is 299 g/mol. The summed E-state index contributed by atoms with van der Waals surface area (Å²) in [6.45, 7) is 0. The SMILES string of the molecule is COc1ccc(C(N)c2ccc(C(F)(F)F)c(F)c2)cc1. The molecule has 2 nitrogen and oxygen atoms in total. The van der Waals surface area contributed by atoms with E-state index in [9.17, 15) is 17.6 Å². The lowest BCUT2D eigenvalue weighted by atomic mass is 9.98. The van der Waals surface area contributed by atoms with Crippen molar-refractivity contribution in [1.82, 2.24) is 0 Å². The molecular weight excluding hydrogens is 286 g/mol. The van der Waals surface area contributed by atoms with E-state index in [-0.39, 0.29) is 5.56 Å². The Morgan fingerprint density at radius 3 is 2.05 bits per heavy atom. The maximum absolute atomic E-state index is 13.5. The number of hydrogen-bond acceptors (Lipinski definition) is 2. The highest BCUT2D eigenvalue weighted by atomic mass is 19.4. The van der Waals surface area contributed by atoms with Crippen molar-refractivity contribution in [3.05, 3.63) is 65.0 Å². The van der Waals surface area contributed by atoms with Gasteiger partial charge in [0.05, 0.1) is 18.7 Å². The molecule has 0 fully saturated rings. The van der Waals surface area contributed by atoms with Crippen molar-refractivity contribution >= 4 is 0 Å². The second-order valence-electron chi connectivity index (χ2n) is 4.49. The molecular formula is C15H13F4NO. The first-order chi connectivity index (χ1) is 9.82. The van der Waals surface area contributed by atoms with Crippen LogP contribution in [-0.4, -0.2) is 7.11 Å². The van der Waals surface area contributed by atoms with E-state index in [4.69, 9.17) is 10.5 Å². The third-order valence-corrected chi connectivity index (χ3v) is 3.13. The van der Waals surface area contributed by atoms with Gasteiger partial charge in [0.25, 0.3) is 0 Å². The van der Waals surface area contributed by atoms with Crippen molar-refractivity contribution in [2.75, 3.05) is 7.11 Å². The van der Waals surface area contributed by atoms with E-state index in [0.717, 1.165) is 6.07 Å². The molecule has 0 bridgehead atoms. The second-order valence-corrected chi connectivity index (χ2v) is 4.49. The minimum Gasteiger partial charge on any atom is -0.497 e. The van der Waals surface area contributed by atoms with Crippen molar-refractivity contribution in [2.24, 2.45) is 5.73 Å². The van der Waals surface area contributed by atoms with E-state index < -0.39 is 23.6 Å². The Hall–Kier alpha value is -2.08. The van der Waals surface area contributed by atoms with Crippen LogP contribution in [0.25, 0.3) is 0 Å². The van der Waals surface area contributed by atoms with Crippen molar-refractivity contribution in [3.8, 4) is 5.75 Å². The van der Waals surface area contributed by atoms with Gasteiger partial charge in [0.15, 0.2) is 0 Å². The third-order valence-electron chi connectivity index (χ3n) is 3.13. The molecule has 2 aromatic rings. The van der Waals surface area contributed by atoms with E-state index in [1.807, 2.05) is 0 Å². The van der Waals surface area contributed by atoms with Gasteiger partial charge in [-0.15, -0.1) is 0 Å². The number of hydrogen-bond donors (Lipinski definition) is 1. The van der Waals surface area contributed by atoms with Crippen molar-refractivity contribution in [2.45, 2.75) is 12.2 Å². The molecule has 0 heterocycles. The predicted octanol–water partition coefficient (Wildman–Crippen LogP) is 3.90. The number of benzene rings is 2. The van der Waals surface area contributed by atoms with Crippen LogP contribution in [0.1, 0.15) is 22.7 Å². The Balaban J connectivity index is 2.30. The normalized spacial score (nSPS) is 13.0. The van der Waals surface area contributed by atoms with Crippen LogP contribution in [-0.2, 0) is 6.18 Å². The van der Waals surface area contributed by atoms with E-state index >= 15 is 0 Å². The van der Waals surface area contributed by atoms with Gasteiger partial charge >= 0.3 is 6.18 Å². The standard InChI is InChI=1S/C15H13F4NO/c1-21-11-5-2-9(3-6-11)14(20)10-4-7-12(13(16)8-10)15(17,18)19/h2-8,14H,20H2,1H3. The molecule has 2 N–H and O–H groups in total. The van der Waals surface area contributed by atoms with E-state index in [1.165, 1.54) is 13.2 Å². The minimum absolute atomic E-state index is 0.269. The fourth-order valence-electron chi connectivity index (χ4n) is 1.96. The molecule has 0 spiro atoms. The number of nitrogens with two attached hydrogens (primary N) is 1. The Labute approximate surface area is 119 Å². The molecule has 6 heteroatoms. The number of ether oxygens (including phenoxy) is 1. The Morgan fingerprint density at radius 1 is 1.00 bits per heavy atom. The van der Waals surface area contributed by atoms with Crippen molar-refractivity contribution in [3.63, 3.8) is 0 Å². The minimum atomic E-state index is -4.72. The monoisotopic (exact) mass is 299 g/mol. The lowest BCUT2D eigenvalue weighted by Gasteiger charge is -2.15. The summed E-state index contributed by atoms with van der Waals surface area (Å²) in [7, 11) is 1.51. The zero-order chi connectivity index (χ0) is 15.6. The number of halogens is 4. The first kappa shape index (κ1) is 15.3. The summed E-state index contributed by atoms with van der Waals surface area (Å²) >= 11 is 0. The van der Waals surface area contributed by atoms with E-state index in [0.29, 0.717) is 17.4 Å². The molecule has 0 aliphatic carbocycles. The summed E-state index contributed by atoms with van der Waals surface area (Å²) in [6, 6.07) is 8.70. The molecule has 0 aliphatic rings. The van der Waals surface area contributed by atoms with Crippen LogP contribution in [0.4, 0.5) is 17.6 Å². The lowest BCUT2D eigenvalue weighted by Crippen LogP contribution is -2.14. The number of methoxy groups -OCH3 is 1. The van der Waals surface area contributed by atoms with Crippen LogP contribution in [0.15, 0.2) is 42.5 Å². The maximum atomic E-state index is 13.5. The Morgan fingerprint density at radius 2 is 1.57 bits per heavy atom. The first-order valence-electron chi connectivity index (χ1n) is 6.09. The van der Waals surface area contributed by atoms with Gasteiger partial charge < -0.3 is 10.5 Å². The smallest absolute Gasteiger partial charge is 0.419 e. The highest BCUT2D eigenvalue weighted by Crippen LogP contribution is 2.33. The zero-order valence-electron chi connectivity index (χ0n) is 11.1. The van der Waals surface area contributed by atoms with Crippen LogP contribution in [0, 0.1) is 5.82 Å². The summed E-state index contributed by atoms with van der Waals surface area (Å²) in [5, 5.41) is 0. The zero-order valence-corrected chi connectivity index (χ0v) is 11.1. The number of alkyl halides is 3. The van der Waals surface area contributed by atoms with Gasteiger partial charge in [-0.3, -0.25) is 0 Å². The topological polar surface area (TPSA) is 35.2 Å². The van der Waals surface area contributed by atoms with E-state index in [1.54, 1.807) is 24.3 Å².